The Morgan fingerprint density at radius 3 is 2.72 bits per heavy atom. The van der Waals surface area contributed by atoms with E-state index in [9.17, 15) is 4.79 Å². The van der Waals surface area contributed by atoms with Gasteiger partial charge in [-0.2, -0.15) is 0 Å². The summed E-state index contributed by atoms with van der Waals surface area (Å²) < 4.78 is 10.7. The number of nitrogens with zero attached hydrogens (tertiary/aromatic N) is 2. The molecule has 2 N–H and O–H groups in total. The molecule has 1 atom stereocenters. The molecule has 2 aromatic carbocycles. The minimum Gasteiger partial charge on any atom is -0.454 e. The van der Waals surface area contributed by atoms with E-state index in [1.807, 2.05) is 37.3 Å². The van der Waals surface area contributed by atoms with Gasteiger partial charge >= 0.3 is 0 Å². The summed E-state index contributed by atoms with van der Waals surface area (Å²) in [5, 5.41) is 10.3. The highest BCUT2D eigenvalue weighted by atomic mass is 32.2. The summed E-state index contributed by atoms with van der Waals surface area (Å²) in [6, 6.07) is 13.9. The van der Waals surface area contributed by atoms with E-state index in [1.54, 1.807) is 0 Å². The van der Waals surface area contributed by atoms with Crippen molar-refractivity contribution in [3.8, 4) is 22.9 Å². The predicted molar refractivity (Wildman–Crippen MR) is 111 cm³/mol. The van der Waals surface area contributed by atoms with Crippen molar-refractivity contribution in [2.24, 2.45) is 0 Å². The summed E-state index contributed by atoms with van der Waals surface area (Å²) in [6.45, 7) is 4.62. The normalized spacial score (nSPS) is 13.3. The second-order valence-corrected chi connectivity index (χ2v) is 7.99. The zero-order valence-electron chi connectivity index (χ0n) is 16.3. The van der Waals surface area contributed by atoms with Crippen molar-refractivity contribution >= 4 is 17.7 Å². The van der Waals surface area contributed by atoms with Crippen molar-refractivity contribution in [1.29, 1.82) is 0 Å². The van der Waals surface area contributed by atoms with Gasteiger partial charge in [0, 0.05) is 12.1 Å². The molecular weight excluding hydrogens is 388 g/mol. The molecule has 7 nitrogen and oxygen atoms in total. The first-order valence-electron chi connectivity index (χ1n) is 9.47. The lowest BCUT2D eigenvalue weighted by atomic mass is 10.1. The van der Waals surface area contributed by atoms with E-state index >= 15 is 0 Å². The molecule has 1 aliphatic rings. The second kappa shape index (κ2) is 8.57. The lowest BCUT2D eigenvalue weighted by molar-refractivity contribution is -0.120. The molecule has 1 aromatic heterocycles. The Morgan fingerprint density at radius 2 is 1.93 bits per heavy atom. The van der Waals surface area contributed by atoms with E-state index in [-0.39, 0.29) is 18.0 Å². The topological polar surface area (TPSA) is 89.1 Å². The number of benzene rings is 2. The average molecular weight is 410 g/mol. The largest absolute Gasteiger partial charge is 0.454 e. The van der Waals surface area contributed by atoms with Gasteiger partial charge in [0.25, 0.3) is 0 Å². The SMILES string of the molecule is CCc1ccc(-c2nc(S[C@H](C)C(=O)NCc3ccc4c(c3)OCO4)n[nH]2)cc1. The fraction of sp³-hybridized carbons (Fsp3) is 0.286. The molecule has 0 saturated heterocycles. The van der Waals surface area contributed by atoms with Crippen LogP contribution in [0.3, 0.4) is 0 Å². The van der Waals surface area contributed by atoms with Crippen LogP contribution in [-0.2, 0) is 17.8 Å². The molecule has 0 aliphatic carbocycles. The average Bonchev–Trinajstić information content (AvgIpc) is 3.41. The third-order valence-corrected chi connectivity index (χ3v) is 5.62. The van der Waals surface area contributed by atoms with Crippen LogP contribution in [0.5, 0.6) is 11.5 Å². The molecular formula is C21H22N4O3S. The number of amides is 1. The molecule has 0 spiro atoms. The van der Waals surface area contributed by atoms with Crippen LogP contribution in [0.1, 0.15) is 25.0 Å². The van der Waals surface area contributed by atoms with E-state index in [4.69, 9.17) is 9.47 Å². The molecule has 29 heavy (non-hydrogen) atoms. The zero-order valence-corrected chi connectivity index (χ0v) is 17.1. The number of hydrogen-bond acceptors (Lipinski definition) is 6. The molecule has 1 aliphatic heterocycles. The number of nitrogens with one attached hydrogen (secondary N) is 2. The number of hydrogen-bond donors (Lipinski definition) is 2. The van der Waals surface area contributed by atoms with Crippen molar-refractivity contribution < 1.29 is 14.3 Å². The molecule has 0 saturated carbocycles. The van der Waals surface area contributed by atoms with Gasteiger partial charge in [0.1, 0.15) is 0 Å². The molecule has 0 fully saturated rings. The second-order valence-electron chi connectivity index (χ2n) is 6.68. The number of rotatable bonds is 7. The van der Waals surface area contributed by atoms with Gasteiger partial charge in [0.05, 0.1) is 5.25 Å². The highest BCUT2D eigenvalue weighted by molar-refractivity contribution is 8.00. The molecule has 8 heteroatoms. The monoisotopic (exact) mass is 410 g/mol. The summed E-state index contributed by atoms with van der Waals surface area (Å²) in [5.74, 6) is 2.06. The smallest absolute Gasteiger partial charge is 0.233 e. The van der Waals surface area contributed by atoms with Crippen LogP contribution >= 0.6 is 11.8 Å². The number of carbonyl (C=O) groups is 1. The molecule has 2 heterocycles. The third-order valence-electron chi connectivity index (χ3n) is 4.66. The Morgan fingerprint density at radius 1 is 1.17 bits per heavy atom. The minimum absolute atomic E-state index is 0.0775. The number of aromatic amines is 1. The number of ether oxygens (including phenoxy) is 2. The van der Waals surface area contributed by atoms with E-state index in [2.05, 4.69) is 39.6 Å². The van der Waals surface area contributed by atoms with Crippen LogP contribution in [0.15, 0.2) is 47.6 Å². The summed E-state index contributed by atoms with van der Waals surface area (Å²) in [4.78, 5) is 16.9. The first kappa shape index (κ1) is 19.3. The van der Waals surface area contributed by atoms with Crippen molar-refractivity contribution in [1.82, 2.24) is 20.5 Å². The number of thioether (sulfide) groups is 1. The van der Waals surface area contributed by atoms with E-state index in [0.717, 1.165) is 23.3 Å². The molecule has 0 unspecified atom stereocenters. The third kappa shape index (κ3) is 4.54. The Balaban J connectivity index is 1.32. The van der Waals surface area contributed by atoms with Gasteiger partial charge in [0.2, 0.25) is 17.9 Å². The van der Waals surface area contributed by atoms with Crippen molar-refractivity contribution in [3.05, 3.63) is 53.6 Å². The van der Waals surface area contributed by atoms with Crippen molar-refractivity contribution in [2.45, 2.75) is 37.2 Å². The predicted octanol–water partition coefficient (Wildman–Crippen LogP) is 3.56. The number of aryl methyl sites for hydroxylation is 1. The highest BCUT2D eigenvalue weighted by Crippen LogP contribution is 2.32. The van der Waals surface area contributed by atoms with Crippen LogP contribution < -0.4 is 14.8 Å². The maximum atomic E-state index is 12.4. The van der Waals surface area contributed by atoms with Crippen LogP contribution in [-0.4, -0.2) is 33.1 Å². The highest BCUT2D eigenvalue weighted by Gasteiger charge is 2.18. The number of aromatic nitrogens is 3. The minimum atomic E-state index is -0.324. The van der Waals surface area contributed by atoms with Gasteiger partial charge in [-0.1, -0.05) is 49.0 Å². The Kier molecular flexibility index (Phi) is 5.71. The molecule has 0 radical (unpaired) electrons. The van der Waals surface area contributed by atoms with Gasteiger partial charge < -0.3 is 14.8 Å². The van der Waals surface area contributed by atoms with E-state index in [0.29, 0.717) is 23.3 Å². The van der Waals surface area contributed by atoms with Crippen molar-refractivity contribution in [3.63, 3.8) is 0 Å². The number of fused-ring (bicyclic) bond motifs is 1. The summed E-state index contributed by atoms with van der Waals surface area (Å²) in [7, 11) is 0. The van der Waals surface area contributed by atoms with Gasteiger partial charge in [-0.3, -0.25) is 9.89 Å². The summed E-state index contributed by atoms with van der Waals surface area (Å²) >= 11 is 1.32. The maximum Gasteiger partial charge on any atom is 0.233 e. The fourth-order valence-corrected chi connectivity index (χ4v) is 3.67. The maximum absolute atomic E-state index is 12.4. The first-order chi connectivity index (χ1) is 14.1. The summed E-state index contributed by atoms with van der Waals surface area (Å²) in [6.07, 6.45) is 0.997. The lowest BCUT2D eigenvalue weighted by Crippen LogP contribution is -2.30. The van der Waals surface area contributed by atoms with Crippen LogP contribution in [0.4, 0.5) is 0 Å². The van der Waals surface area contributed by atoms with Crippen LogP contribution in [0.25, 0.3) is 11.4 Å². The zero-order chi connectivity index (χ0) is 20.2. The number of carbonyl (C=O) groups excluding carboxylic acids is 1. The van der Waals surface area contributed by atoms with E-state index in [1.165, 1.54) is 17.3 Å². The Bertz CT molecular complexity index is 1000. The van der Waals surface area contributed by atoms with Crippen molar-refractivity contribution in [2.75, 3.05) is 6.79 Å². The summed E-state index contributed by atoms with van der Waals surface area (Å²) in [5.41, 5.74) is 3.20. The van der Waals surface area contributed by atoms with Gasteiger partial charge in [-0.05, 0) is 36.6 Å². The fourth-order valence-electron chi connectivity index (χ4n) is 2.92. The van der Waals surface area contributed by atoms with Gasteiger partial charge in [-0.25, -0.2) is 4.98 Å². The molecule has 150 valence electrons. The van der Waals surface area contributed by atoms with Crippen LogP contribution in [0, 0.1) is 0 Å². The molecule has 1 amide bonds. The number of H-pyrrole nitrogens is 1. The van der Waals surface area contributed by atoms with Crippen LogP contribution in [0.2, 0.25) is 0 Å². The Labute approximate surface area is 173 Å². The molecule has 0 bridgehead atoms. The standard InChI is InChI=1S/C21H22N4O3S/c1-3-14-4-7-16(8-5-14)19-23-21(25-24-19)29-13(2)20(26)22-11-15-6-9-17-18(10-15)28-12-27-17/h4-10,13H,3,11-12H2,1-2H3,(H,22,26)(H,23,24,25)/t13-/m1/s1. The van der Waals surface area contributed by atoms with E-state index < -0.39 is 0 Å². The quantitative estimate of drug-likeness (QED) is 0.579. The first-order valence-corrected chi connectivity index (χ1v) is 10.3. The van der Waals surface area contributed by atoms with Gasteiger partial charge in [-0.15, -0.1) is 5.10 Å². The lowest BCUT2D eigenvalue weighted by Gasteiger charge is -2.10. The Hall–Kier alpha value is -3.00. The molecule has 3 aromatic rings. The molecule has 4 rings (SSSR count). The van der Waals surface area contributed by atoms with Gasteiger partial charge in [0.15, 0.2) is 17.3 Å².